The lowest BCUT2D eigenvalue weighted by atomic mass is 9.68. The standard InChI is InChI=1S/C15H21F2NO2/c16-14(17)20-12-6-4-11(5-7-12)13(19)15(10-18)8-2-1-3-9-15/h4-7,13-14,19H,1-3,8-10,18H2. The molecule has 1 unspecified atom stereocenters. The van der Waals surface area contributed by atoms with Gasteiger partial charge in [-0.2, -0.15) is 8.78 Å². The summed E-state index contributed by atoms with van der Waals surface area (Å²) in [7, 11) is 0. The molecule has 3 N–H and O–H groups in total. The van der Waals surface area contributed by atoms with Gasteiger partial charge in [0, 0.05) is 12.0 Å². The molecular weight excluding hydrogens is 264 g/mol. The summed E-state index contributed by atoms with van der Waals surface area (Å²) in [4.78, 5) is 0. The lowest BCUT2D eigenvalue weighted by molar-refractivity contribution is -0.0499. The Kier molecular flexibility index (Phi) is 4.94. The molecule has 1 aliphatic rings. The van der Waals surface area contributed by atoms with Crippen molar-refractivity contribution in [1.82, 2.24) is 0 Å². The van der Waals surface area contributed by atoms with Crippen molar-refractivity contribution >= 4 is 0 Å². The Hall–Kier alpha value is -1.20. The zero-order valence-electron chi connectivity index (χ0n) is 11.4. The summed E-state index contributed by atoms with van der Waals surface area (Å²) in [5.41, 5.74) is 6.31. The molecule has 3 nitrogen and oxygen atoms in total. The number of benzene rings is 1. The lowest BCUT2D eigenvalue weighted by Crippen LogP contribution is -2.38. The molecule has 0 amide bonds. The van der Waals surface area contributed by atoms with Crippen molar-refractivity contribution in [3.63, 3.8) is 0 Å². The molecule has 20 heavy (non-hydrogen) atoms. The highest BCUT2D eigenvalue weighted by atomic mass is 19.3. The number of aliphatic hydroxyl groups excluding tert-OH is 1. The number of nitrogens with two attached hydrogens (primary N) is 1. The van der Waals surface area contributed by atoms with E-state index in [-0.39, 0.29) is 11.2 Å². The number of aliphatic hydroxyl groups is 1. The van der Waals surface area contributed by atoms with Crippen molar-refractivity contribution < 1.29 is 18.6 Å². The van der Waals surface area contributed by atoms with Crippen LogP contribution in [0.25, 0.3) is 0 Å². The van der Waals surface area contributed by atoms with Crippen LogP contribution < -0.4 is 10.5 Å². The van der Waals surface area contributed by atoms with Gasteiger partial charge in [-0.1, -0.05) is 31.4 Å². The summed E-state index contributed by atoms with van der Waals surface area (Å²) in [6, 6.07) is 6.18. The van der Waals surface area contributed by atoms with E-state index in [9.17, 15) is 13.9 Å². The quantitative estimate of drug-likeness (QED) is 0.873. The van der Waals surface area contributed by atoms with Gasteiger partial charge in [0.2, 0.25) is 0 Å². The molecule has 0 aromatic heterocycles. The first-order chi connectivity index (χ1) is 9.57. The van der Waals surface area contributed by atoms with Gasteiger partial charge in [-0.05, 0) is 30.5 Å². The fourth-order valence-corrected chi connectivity index (χ4v) is 3.03. The highest BCUT2D eigenvalue weighted by Gasteiger charge is 2.38. The van der Waals surface area contributed by atoms with Crippen molar-refractivity contribution in [2.75, 3.05) is 6.54 Å². The van der Waals surface area contributed by atoms with E-state index in [4.69, 9.17) is 5.73 Å². The zero-order valence-corrected chi connectivity index (χ0v) is 11.4. The Labute approximate surface area is 117 Å². The van der Waals surface area contributed by atoms with Crippen LogP contribution in [0, 0.1) is 5.41 Å². The van der Waals surface area contributed by atoms with Crippen molar-refractivity contribution in [2.45, 2.75) is 44.8 Å². The van der Waals surface area contributed by atoms with E-state index in [1.54, 1.807) is 12.1 Å². The lowest BCUT2D eigenvalue weighted by Gasteiger charge is -2.40. The zero-order chi connectivity index (χ0) is 14.6. The van der Waals surface area contributed by atoms with E-state index in [0.717, 1.165) is 25.7 Å². The molecule has 0 radical (unpaired) electrons. The first-order valence-corrected chi connectivity index (χ1v) is 7.00. The maximum atomic E-state index is 12.1. The van der Waals surface area contributed by atoms with Crippen LogP contribution in [0.15, 0.2) is 24.3 Å². The number of hydrogen-bond acceptors (Lipinski definition) is 3. The monoisotopic (exact) mass is 285 g/mol. The second-order valence-corrected chi connectivity index (χ2v) is 5.48. The van der Waals surface area contributed by atoms with Crippen LogP contribution in [0.2, 0.25) is 0 Å². The average molecular weight is 285 g/mol. The SMILES string of the molecule is NCC1(C(O)c2ccc(OC(F)F)cc2)CCCCC1. The van der Waals surface area contributed by atoms with E-state index < -0.39 is 12.7 Å². The maximum absolute atomic E-state index is 12.1. The molecule has 0 bridgehead atoms. The Morgan fingerprint density at radius 2 is 1.75 bits per heavy atom. The molecule has 1 fully saturated rings. The van der Waals surface area contributed by atoms with E-state index in [0.29, 0.717) is 12.1 Å². The predicted molar refractivity (Wildman–Crippen MR) is 72.6 cm³/mol. The molecule has 1 saturated carbocycles. The van der Waals surface area contributed by atoms with Gasteiger partial charge < -0.3 is 15.6 Å². The first-order valence-electron chi connectivity index (χ1n) is 7.00. The van der Waals surface area contributed by atoms with Gasteiger partial charge in [0.15, 0.2) is 0 Å². The maximum Gasteiger partial charge on any atom is 0.387 e. The summed E-state index contributed by atoms with van der Waals surface area (Å²) < 4.78 is 28.5. The first kappa shape index (κ1) is 15.2. The summed E-state index contributed by atoms with van der Waals surface area (Å²) in [6.07, 6.45) is 4.46. The summed E-state index contributed by atoms with van der Waals surface area (Å²) in [6.45, 7) is -2.40. The Bertz CT molecular complexity index is 416. The third kappa shape index (κ3) is 3.27. The van der Waals surface area contributed by atoms with Gasteiger partial charge in [-0.15, -0.1) is 0 Å². The minimum absolute atomic E-state index is 0.0985. The van der Waals surface area contributed by atoms with Gasteiger partial charge >= 0.3 is 6.61 Å². The number of halogens is 2. The topological polar surface area (TPSA) is 55.5 Å². The highest BCUT2D eigenvalue weighted by Crippen LogP contribution is 2.45. The molecular formula is C15H21F2NO2. The molecule has 0 aliphatic heterocycles. The molecule has 112 valence electrons. The van der Waals surface area contributed by atoms with Gasteiger partial charge in [0.25, 0.3) is 0 Å². The third-order valence-corrected chi connectivity index (χ3v) is 4.26. The summed E-state index contributed by atoms with van der Waals surface area (Å²) in [5.74, 6) is 0.0985. The third-order valence-electron chi connectivity index (χ3n) is 4.26. The Morgan fingerprint density at radius 3 is 2.25 bits per heavy atom. The van der Waals surface area contributed by atoms with E-state index in [1.807, 2.05) is 0 Å². The smallest absolute Gasteiger partial charge is 0.387 e. The van der Waals surface area contributed by atoms with Crippen molar-refractivity contribution in [2.24, 2.45) is 11.1 Å². The minimum atomic E-state index is -2.83. The second kappa shape index (κ2) is 6.50. The fourth-order valence-electron chi connectivity index (χ4n) is 3.03. The predicted octanol–water partition coefficient (Wildman–Crippen LogP) is 3.23. The van der Waals surface area contributed by atoms with Crippen LogP contribution >= 0.6 is 0 Å². The van der Waals surface area contributed by atoms with Crippen molar-refractivity contribution in [1.29, 1.82) is 0 Å². The molecule has 5 heteroatoms. The normalized spacial score (nSPS) is 19.9. The highest BCUT2D eigenvalue weighted by molar-refractivity contribution is 5.29. The van der Waals surface area contributed by atoms with Gasteiger partial charge in [0.1, 0.15) is 5.75 Å². The van der Waals surface area contributed by atoms with Crippen LogP contribution in [0.4, 0.5) is 8.78 Å². The molecule has 1 aromatic rings. The van der Waals surface area contributed by atoms with Crippen LogP contribution in [0.5, 0.6) is 5.75 Å². The van der Waals surface area contributed by atoms with E-state index >= 15 is 0 Å². The molecule has 2 rings (SSSR count). The van der Waals surface area contributed by atoms with Crippen LogP contribution in [0.3, 0.4) is 0 Å². The van der Waals surface area contributed by atoms with Crippen LogP contribution in [0.1, 0.15) is 43.8 Å². The van der Waals surface area contributed by atoms with Crippen molar-refractivity contribution in [3.05, 3.63) is 29.8 Å². The molecule has 1 atom stereocenters. The van der Waals surface area contributed by atoms with Gasteiger partial charge in [-0.25, -0.2) is 0 Å². The van der Waals surface area contributed by atoms with E-state index in [2.05, 4.69) is 4.74 Å². The fraction of sp³-hybridized carbons (Fsp3) is 0.600. The summed E-state index contributed by atoms with van der Waals surface area (Å²) >= 11 is 0. The number of ether oxygens (including phenoxy) is 1. The van der Waals surface area contributed by atoms with Crippen LogP contribution in [-0.4, -0.2) is 18.3 Å². The summed E-state index contributed by atoms with van der Waals surface area (Å²) in [5, 5.41) is 10.6. The molecule has 1 aliphatic carbocycles. The largest absolute Gasteiger partial charge is 0.435 e. The molecule has 0 heterocycles. The number of alkyl halides is 2. The minimum Gasteiger partial charge on any atom is -0.435 e. The van der Waals surface area contributed by atoms with Gasteiger partial charge in [-0.3, -0.25) is 0 Å². The average Bonchev–Trinajstić information content (AvgIpc) is 2.47. The second-order valence-electron chi connectivity index (χ2n) is 5.48. The molecule has 0 saturated heterocycles. The number of rotatable bonds is 5. The Morgan fingerprint density at radius 1 is 1.15 bits per heavy atom. The van der Waals surface area contributed by atoms with Crippen LogP contribution in [-0.2, 0) is 0 Å². The molecule has 1 aromatic carbocycles. The molecule has 0 spiro atoms. The Balaban J connectivity index is 2.13. The van der Waals surface area contributed by atoms with E-state index in [1.165, 1.54) is 18.6 Å². The van der Waals surface area contributed by atoms with Crippen molar-refractivity contribution in [3.8, 4) is 5.75 Å². The van der Waals surface area contributed by atoms with Gasteiger partial charge in [0.05, 0.1) is 6.10 Å². The number of hydrogen-bond donors (Lipinski definition) is 2.